The lowest BCUT2D eigenvalue weighted by Gasteiger charge is -2.31. The lowest BCUT2D eigenvalue weighted by atomic mass is 9.97. The summed E-state index contributed by atoms with van der Waals surface area (Å²) in [5.41, 5.74) is 1.15. The Kier molecular flexibility index (Phi) is 4.08. The Balaban J connectivity index is 1.57. The van der Waals surface area contributed by atoms with Gasteiger partial charge in [-0.2, -0.15) is 0 Å². The monoisotopic (exact) mass is 293 g/mol. The lowest BCUT2D eigenvalue weighted by molar-refractivity contribution is -0.126. The van der Waals surface area contributed by atoms with Gasteiger partial charge in [0.2, 0.25) is 5.91 Å². The highest BCUT2D eigenvalue weighted by molar-refractivity contribution is 7.11. The van der Waals surface area contributed by atoms with Crippen LogP contribution < -0.4 is 5.32 Å². The van der Waals surface area contributed by atoms with Crippen LogP contribution in [0.4, 0.5) is 0 Å². The van der Waals surface area contributed by atoms with E-state index in [-0.39, 0.29) is 11.8 Å². The van der Waals surface area contributed by atoms with Crippen molar-refractivity contribution in [1.29, 1.82) is 0 Å². The van der Waals surface area contributed by atoms with E-state index in [1.807, 2.05) is 0 Å². The summed E-state index contributed by atoms with van der Waals surface area (Å²) in [6.07, 6.45) is 4.50. The lowest BCUT2D eigenvalue weighted by Crippen LogP contribution is -2.43. The van der Waals surface area contributed by atoms with Gasteiger partial charge in [0, 0.05) is 24.0 Å². The molecule has 1 aromatic heterocycles. The summed E-state index contributed by atoms with van der Waals surface area (Å²) in [4.78, 5) is 20.4. The average molecular weight is 293 g/mol. The van der Waals surface area contributed by atoms with E-state index in [4.69, 9.17) is 0 Å². The quantitative estimate of drug-likeness (QED) is 0.926. The molecule has 0 aromatic carbocycles. The number of likely N-dealkylation sites (tertiary alicyclic amines) is 1. The molecule has 2 fully saturated rings. The largest absolute Gasteiger partial charge is 0.353 e. The van der Waals surface area contributed by atoms with Gasteiger partial charge in [0.1, 0.15) is 0 Å². The number of piperidine rings is 1. The molecule has 1 N–H and O–H groups in total. The number of thiazole rings is 1. The van der Waals surface area contributed by atoms with Gasteiger partial charge in [0.05, 0.1) is 16.6 Å². The maximum Gasteiger partial charge on any atom is 0.224 e. The molecule has 2 heterocycles. The molecule has 1 aromatic rings. The minimum atomic E-state index is 0.179. The smallest absolute Gasteiger partial charge is 0.224 e. The Morgan fingerprint density at radius 1 is 1.40 bits per heavy atom. The summed E-state index contributed by atoms with van der Waals surface area (Å²) in [6, 6.07) is 0.476. The van der Waals surface area contributed by atoms with Gasteiger partial charge in [-0.25, -0.2) is 4.98 Å². The number of carbonyl (C=O) groups is 1. The second-order valence-corrected chi connectivity index (χ2v) is 7.39. The summed E-state index contributed by atoms with van der Waals surface area (Å²) in [6.45, 7) is 7.09. The summed E-state index contributed by atoms with van der Waals surface area (Å²) >= 11 is 1.78. The molecule has 20 heavy (non-hydrogen) atoms. The molecule has 0 radical (unpaired) electrons. The van der Waals surface area contributed by atoms with E-state index in [0.29, 0.717) is 6.04 Å². The molecular weight excluding hydrogens is 270 g/mol. The highest BCUT2D eigenvalue weighted by Gasteiger charge is 2.30. The molecule has 5 heteroatoms. The molecule has 0 bridgehead atoms. The van der Waals surface area contributed by atoms with Gasteiger partial charge in [-0.3, -0.25) is 9.69 Å². The third-order valence-electron chi connectivity index (χ3n) is 4.17. The molecule has 1 saturated heterocycles. The number of rotatable bonds is 4. The molecule has 1 aliphatic heterocycles. The minimum absolute atomic E-state index is 0.179. The van der Waals surface area contributed by atoms with Crippen LogP contribution in [0.3, 0.4) is 0 Å². The van der Waals surface area contributed by atoms with Crippen molar-refractivity contribution in [3.05, 3.63) is 15.6 Å². The maximum atomic E-state index is 12.2. The van der Waals surface area contributed by atoms with Gasteiger partial charge >= 0.3 is 0 Å². The number of nitrogens with one attached hydrogen (secondary N) is 1. The zero-order chi connectivity index (χ0) is 14.1. The first-order valence-corrected chi connectivity index (χ1v) is 8.39. The number of aromatic nitrogens is 1. The van der Waals surface area contributed by atoms with Gasteiger partial charge in [0.25, 0.3) is 0 Å². The van der Waals surface area contributed by atoms with Crippen molar-refractivity contribution in [2.75, 3.05) is 13.1 Å². The molecule has 1 amide bonds. The van der Waals surface area contributed by atoms with Gasteiger partial charge < -0.3 is 5.32 Å². The molecule has 4 nitrogen and oxygen atoms in total. The molecule has 2 aliphatic rings. The molecule has 1 aliphatic carbocycles. The topological polar surface area (TPSA) is 45.2 Å². The third-order valence-corrected chi connectivity index (χ3v) is 5.22. The number of hydrogen-bond donors (Lipinski definition) is 1. The second kappa shape index (κ2) is 5.82. The van der Waals surface area contributed by atoms with Crippen molar-refractivity contribution in [3.63, 3.8) is 0 Å². The van der Waals surface area contributed by atoms with Crippen molar-refractivity contribution in [3.8, 4) is 0 Å². The fourth-order valence-corrected chi connectivity index (χ4v) is 3.86. The summed E-state index contributed by atoms with van der Waals surface area (Å²) in [5.74, 6) is 0.452. The second-order valence-electron chi connectivity index (χ2n) is 6.10. The van der Waals surface area contributed by atoms with Crippen LogP contribution in [0.15, 0.2) is 0 Å². The van der Waals surface area contributed by atoms with Crippen LogP contribution in [0.5, 0.6) is 0 Å². The highest BCUT2D eigenvalue weighted by atomic mass is 32.1. The zero-order valence-corrected chi connectivity index (χ0v) is 13.1. The number of nitrogens with zero attached hydrogens (tertiary/aromatic N) is 2. The van der Waals surface area contributed by atoms with Gasteiger partial charge in [-0.1, -0.05) is 0 Å². The minimum Gasteiger partial charge on any atom is -0.353 e. The molecule has 1 atom stereocenters. The van der Waals surface area contributed by atoms with Crippen molar-refractivity contribution >= 4 is 17.2 Å². The number of amides is 1. The predicted octanol–water partition coefficient (Wildman–Crippen LogP) is 2.25. The van der Waals surface area contributed by atoms with Gasteiger partial charge in [-0.15, -0.1) is 11.3 Å². The Labute approximate surface area is 124 Å². The third kappa shape index (κ3) is 3.38. The summed E-state index contributed by atoms with van der Waals surface area (Å²) in [5, 5.41) is 4.28. The zero-order valence-electron chi connectivity index (χ0n) is 12.3. The normalized spacial score (nSPS) is 23.8. The van der Waals surface area contributed by atoms with E-state index in [2.05, 4.69) is 29.0 Å². The number of carbonyl (C=O) groups excluding carboxylic acids is 1. The molecule has 0 spiro atoms. The number of aryl methyl sites for hydroxylation is 2. The average Bonchev–Trinajstić information content (AvgIpc) is 3.16. The predicted molar refractivity (Wildman–Crippen MR) is 80.8 cm³/mol. The highest BCUT2D eigenvalue weighted by Crippen LogP contribution is 2.25. The van der Waals surface area contributed by atoms with Crippen LogP contribution >= 0.6 is 11.3 Å². The first-order valence-electron chi connectivity index (χ1n) is 7.57. The van der Waals surface area contributed by atoms with Crippen molar-refractivity contribution < 1.29 is 4.79 Å². The van der Waals surface area contributed by atoms with Crippen molar-refractivity contribution in [2.45, 2.75) is 52.1 Å². The van der Waals surface area contributed by atoms with Gasteiger partial charge in [-0.05, 0) is 46.1 Å². The van der Waals surface area contributed by atoms with Gasteiger partial charge in [0.15, 0.2) is 0 Å². The molecule has 1 saturated carbocycles. The van der Waals surface area contributed by atoms with Crippen LogP contribution in [-0.4, -0.2) is 34.9 Å². The maximum absolute atomic E-state index is 12.2. The molecule has 3 rings (SSSR count). The summed E-state index contributed by atoms with van der Waals surface area (Å²) < 4.78 is 0. The van der Waals surface area contributed by atoms with E-state index in [9.17, 15) is 4.79 Å². The van der Waals surface area contributed by atoms with Crippen LogP contribution in [0, 0.1) is 19.8 Å². The molecular formula is C15H23N3OS. The molecule has 110 valence electrons. The van der Waals surface area contributed by atoms with Crippen molar-refractivity contribution in [1.82, 2.24) is 15.2 Å². The first kappa shape index (κ1) is 14.0. The Hall–Kier alpha value is -0.940. The Morgan fingerprint density at radius 2 is 2.20 bits per heavy atom. The van der Waals surface area contributed by atoms with Crippen LogP contribution in [0.2, 0.25) is 0 Å². The number of hydrogen-bond acceptors (Lipinski definition) is 4. The van der Waals surface area contributed by atoms with E-state index in [1.165, 1.54) is 17.7 Å². The van der Waals surface area contributed by atoms with E-state index in [0.717, 1.165) is 43.2 Å². The Bertz CT molecular complexity index is 495. The van der Waals surface area contributed by atoms with Crippen LogP contribution in [0.1, 0.15) is 41.3 Å². The standard InChI is InChI=1S/C15H23N3OS/c1-10-14(20-11(2)16-10)9-18-7-3-4-12(8-18)15(19)17-13-5-6-13/h12-13H,3-9H2,1-2H3,(H,17,19). The van der Waals surface area contributed by atoms with Crippen molar-refractivity contribution in [2.24, 2.45) is 5.92 Å². The SMILES string of the molecule is Cc1nc(C)c(CN2CCCC(C(=O)NC3CC3)C2)s1. The fourth-order valence-electron chi connectivity index (χ4n) is 2.88. The first-order chi connectivity index (χ1) is 9.61. The van der Waals surface area contributed by atoms with Crippen LogP contribution in [0.25, 0.3) is 0 Å². The Morgan fingerprint density at radius 3 is 2.85 bits per heavy atom. The van der Waals surface area contributed by atoms with Crippen LogP contribution in [-0.2, 0) is 11.3 Å². The molecule has 1 unspecified atom stereocenters. The van der Waals surface area contributed by atoms with E-state index in [1.54, 1.807) is 11.3 Å². The summed E-state index contributed by atoms with van der Waals surface area (Å²) in [7, 11) is 0. The van der Waals surface area contributed by atoms with E-state index >= 15 is 0 Å². The fraction of sp³-hybridized carbons (Fsp3) is 0.733. The van der Waals surface area contributed by atoms with E-state index < -0.39 is 0 Å².